The molecular weight excluding hydrogens is 364 g/mol. The van der Waals surface area contributed by atoms with E-state index in [9.17, 15) is 4.79 Å². The molecule has 0 saturated carbocycles. The molecule has 2 aromatic heterocycles. The molecule has 1 N–H and O–H groups in total. The molecule has 0 aliphatic carbocycles. The van der Waals surface area contributed by atoms with Crippen LogP contribution in [-0.4, -0.2) is 33.0 Å². The van der Waals surface area contributed by atoms with E-state index >= 15 is 0 Å². The minimum atomic E-state index is -0.396. The topological polar surface area (TPSA) is 82.2 Å². The number of carbonyl (C=O) groups excluding carboxylic acids is 1. The molecule has 0 bridgehead atoms. The van der Waals surface area contributed by atoms with Crippen LogP contribution in [0.3, 0.4) is 0 Å². The van der Waals surface area contributed by atoms with E-state index in [0.29, 0.717) is 34.7 Å². The van der Waals surface area contributed by atoms with Crippen LogP contribution in [0, 0.1) is 0 Å². The first-order chi connectivity index (χ1) is 13.1. The summed E-state index contributed by atoms with van der Waals surface area (Å²) in [5, 5.41) is 11.5. The Labute approximate surface area is 161 Å². The van der Waals surface area contributed by atoms with Gasteiger partial charge in [0.25, 0.3) is 0 Å². The average molecular weight is 384 g/mol. The van der Waals surface area contributed by atoms with Crippen LogP contribution in [0.25, 0.3) is 11.6 Å². The molecule has 1 atom stereocenters. The summed E-state index contributed by atoms with van der Waals surface area (Å²) in [6.07, 6.45) is 3.33. The van der Waals surface area contributed by atoms with E-state index in [-0.39, 0.29) is 5.91 Å². The number of methoxy groups -OCH3 is 1. The normalized spacial score (nSPS) is 11.8. The number of anilines is 1. The van der Waals surface area contributed by atoms with E-state index in [1.54, 1.807) is 37.6 Å². The van der Waals surface area contributed by atoms with Gasteiger partial charge in [0, 0.05) is 6.54 Å². The lowest BCUT2D eigenvalue weighted by molar-refractivity contribution is -0.115. The molecule has 8 heteroatoms. The fourth-order valence-electron chi connectivity index (χ4n) is 2.45. The number of hydrogen-bond acceptors (Lipinski definition) is 6. The zero-order valence-corrected chi connectivity index (χ0v) is 15.9. The van der Waals surface area contributed by atoms with Crippen molar-refractivity contribution in [2.75, 3.05) is 12.4 Å². The minimum Gasteiger partial charge on any atom is -0.495 e. The van der Waals surface area contributed by atoms with Gasteiger partial charge >= 0.3 is 0 Å². The van der Waals surface area contributed by atoms with Crippen LogP contribution in [0.5, 0.6) is 5.75 Å². The van der Waals surface area contributed by atoms with Gasteiger partial charge in [-0.2, -0.15) is 0 Å². The molecule has 0 aliphatic rings. The van der Waals surface area contributed by atoms with Crippen molar-refractivity contribution in [3.8, 4) is 17.3 Å². The van der Waals surface area contributed by atoms with Crippen LogP contribution in [0.4, 0.5) is 5.69 Å². The Morgan fingerprint density at radius 2 is 2.19 bits per heavy atom. The van der Waals surface area contributed by atoms with Crippen LogP contribution in [-0.2, 0) is 11.3 Å². The molecular formula is C19H20N4O3S. The molecule has 1 amide bonds. The van der Waals surface area contributed by atoms with Crippen molar-refractivity contribution in [3.05, 3.63) is 55.3 Å². The Balaban J connectivity index is 1.76. The van der Waals surface area contributed by atoms with Gasteiger partial charge in [-0.15, -0.1) is 16.8 Å². The van der Waals surface area contributed by atoms with Crippen LogP contribution < -0.4 is 10.1 Å². The summed E-state index contributed by atoms with van der Waals surface area (Å²) >= 11 is 1.32. The Morgan fingerprint density at radius 3 is 2.89 bits per heavy atom. The number of nitrogens with one attached hydrogen (secondary N) is 1. The van der Waals surface area contributed by atoms with Crippen molar-refractivity contribution < 1.29 is 13.9 Å². The number of para-hydroxylation sites is 2. The molecule has 3 aromatic rings. The van der Waals surface area contributed by atoms with Crippen LogP contribution in [0.1, 0.15) is 6.92 Å². The summed E-state index contributed by atoms with van der Waals surface area (Å²) in [7, 11) is 1.57. The molecule has 140 valence electrons. The Bertz CT molecular complexity index is 921. The van der Waals surface area contributed by atoms with E-state index in [4.69, 9.17) is 9.15 Å². The van der Waals surface area contributed by atoms with Crippen molar-refractivity contribution in [2.45, 2.75) is 23.9 Å². The molecule has 0 spiro atoms. The number of aromatic nitrogens is 3. The lowest BCUT2D eigenvalue weighted by Crippen LogP contribution is -2.23. The number of benzene rings is 1. The first-order valence-corrected chi connectivity index (χ1v) is 9.20. The third-order valence-corrected chi connectivity index (χ3v) is 4.87. The summed E-state index contributed by atoms with van der Waals surface area (Å²) in [5.41, 5.74) is 0.626. The lowest BCUT2D eigenvalue weighted by Gasteiger charge is -2.14. The van der Waals surface area contributed by atoms with Gasteiger partial charge in [-0.3, -0.25) is 9.36 Å². The monoisotopic (exact) mass is 384 g/mol. The molecule has 0 aliphatic heterocycles. The second kappa shape index (κ2) is 8.59. The highest BCUT2D eigenvalue weighted by atomic mass is 32.2. The van der Waals surface area contributed by atoms with E-state index in [1.807, 2.05) is 29.7 Å². The van der Waals surface area contributed by atoms with Gasteiger partial charge < -0.3 is 14.5 Å². The van der Waals surface area contributed by atoms with Crippen LogP contribution >= 0.6 is 11.8 Å². The van der Waals surface area contributed by atoms with Crippen molar-refractivity contribution in [3.63, 3.8) is 0 Å². The van der Waals surface area contributed by atoms with Crippen LogP contribution in [0.15, 0.2) is 64.9 Å². The molecule has 0 fully saturated rings. The highest BCUT2D eigenvalue weighted by molar-refractivity contribution is 8.00. The SMILES string of the molecule is C=CCn1c(SC(C)C(=O)Nc2ccccc2OC)nnc1-c1ccco1. The fraction of sp³-hybridized carbons (Fsp3) is 0.211. The summed E-state index contributed by atoms with van der Waals surface area (Å²) in [4.78, 5) is 12.6. The minimum absolute atomic E-state index is 0.155. The number of thioether (sulfide) groups is 1. The third kappa shape index (κ3) is 4.22. The summed E-state index contributed by atoms with van der Waals surface area (Å²) in [6, 6.07) is 10.9. The first-order valence-electron chi connectivity index (χ1n) is 8.32. The van der Waals surface area contributed by atoms with Crippen molar-refractivity contribution >= 4 is 23.4 Å². The average Bonchev–Trinajstić information content (AvgIpc) is 3.33. The number of allylic oxidation sites excluding steroid dienone is 1. The van der Waals surface area contributed by atoms with E-state index in [1.165, 1.54) is 11.8 Å². The largest absolute Gasteiger partial charge is 0.495 e. The van der Waals surface area contributed by atoms with Gasteiger partial charge in [0.1, 0.15) is 5.75 Å². The maximum absolute atomic E-state index is 12.6. The number of furan rings is 1. The lowest BCUT2D eigenvalue weighted by atomic mass is 10.3. The molecule has 2 heterocycles. The second-order valence-corrected chi connectivity index (χ2v) is 6.94. The zero-order chi connectivity index (χ0) is 19.2. The maximum Gasteiger partial charge on any atom is 0.237 e. The molecule has 0 saturated heterocycles. The number of ether oxygens (including phenoxy) is 1. The second-order valence-electron chi connectivity index (χ2n) is 5.63. The standard InChI is InChI=1S/C19H20N4O3S/c1-4-11-23-17(16-10-7-12-26-16)21-22-19(23)27-13(2)18(24)20-14-8-5-6-9-15(14)25-3/h4-10,12-13H,1,11H2,2-3H3,(H,20,24). The van der Waals surface area contributed by atoms with E-state index in [0.717, 1.165) is 0 Å². The smallest absolute Gasteiger partial charge is 0.237 e. The molecule has 27 heavy (non-hydrogen) atoms. The number of rotatable bonds is 8. The Kier molecular flexibility index (Phi) is 5.97. The summed E-state index contributed by atoms with van der Waals surface area (Å²) in [6.45, 7) is 6.10. The van der Waals surface area contributed by atoms with E-state index in [2.05, 4.69) is 22.1 Å². The quantitative estimate of drug-likeness (QED) is 0.469. The number of hydrogen-bond donors (Lipinski definition) is 1. The maximum atomic E-state index is 12.6. The van der Waals surface area contributed by atoms with Crippen LogP contribution in [0.2, 0.25) is 0 Å². The van der Waals surface area contributed by atoms with Gasteiger partial charge in [-0.25, -0.2) is 0 Å². The first kappa shape index (κ1) is 18.8. The van der Waals surface area contributed by atoms with Gasteiger partial charge in [0.2, 0.25) is 11.7 Å². The predicted molar refractivity (Wildman–Crippen MR) is 105 cm³/mol. The van der Waals surface area contributed by atoms with Gasteiger partial charge in [0.15, 0.2) is 10.9 Å². The summed E-state index contributed by atoms with van der Waals surface area (Å²) < 4.78 is 12.6. The molecule has 1 unspecified atom stereocenters. The molecule has 0 radical (unpaired) electrons. The number of nitrogens with zero attached hydrogens (tertiary/aromatic N) is 3. The third-order valence-electron chi connectivity index (χ3n) is 3.79. The molecule has 3 rings (SSSR count). The number of carbonyl (C=O) groups is 1. The molecule has 1 aromatic carbocycles. The fourth-order valence-corrected chi connectivity index (χ4v) is 3.31. The highest BCUT2D eigenvalue weighted by Crippen LogP contribution is 2.29. The Hall–Kier alpha value is -3.00. The van der Waals surface area contributed by atoms with Crippen molar-refractivity contribution in [1.29, 1.82) is 0 Å². The van der Waals surface area contributed by atoms with Crippen molar-refractivity contribution in [2.24, 2.45) is 0 Å². The number of amides is 1. The summed E-state index contributed by atoms with van der Waals surface area (Å²) in [5.74, 6) is 1.66. The molecule has 7 nitrogen and oxygen atoms in total. The van der Waals surface area contributed by atoms with Gasteiger partial charge in [0.05, 0.1) is 24.3 Å². The Morgan fingerprint density at radius 1 is 1.37 bits per heavy atom. The highest BCUT2D eigenvalue weighted by Gasteiger charge is 2.22. The zero-order valence-electron chi connectivity index (χ0n) is 15.1. The predicted octanol–water partition coefficient (Wildman–Crippen LogP) is 3.85. The van der Waals surface area contributed by atoms with E-state index < -0.39 is 5.25 Å². The van der Waals surface area contributed by atoms with Gasteiger partial charge in [-0.05, 0) is 31.2 Å². The van der Waals surface area contributed by atoms with Gasteiger partial charge in [-0.1, -0.05) is 30.0 Å². The van der Waals surface area contributed by atoms with Crippen molar-refractivity contribution in [1.82, 2.24) is 14.8 Å².